The number of fused-ring (bicyclic) bond motifs is 1. The van der Waals surface area contributed by atoms with Crippen molar-refractivity contribution >= 4 is 46.2 Å². The number of hydrogen-bond donors (Lipinski definition) is 2. The summed E-state index contributed by atoms with van der Waals surface area (Å²) in [5.41, 5.74) is 4.59. The molecule has 140 valence electrons. The monoisotopic (exact) mass is 410 g/mol. The summed E-state index contributed by atoms with van der Waals surface area (Å²) in [7, 11) is 0. The van der Waals surface area contributed by atoms with E-state index in [2.05, 4.69) is 5.43 Å². The van der Waals surface area contributed by atoms with Gasteiger partial charge in [0.05, 0.1) is 4.91 Å². The normalized spacial score (nSPS) is 17.2. The molecule has 0 aromatic heterocycles. The molecule has 28 heavy (non-hydrogen) atoms. The second kappa shape index (κ2) is 7.49. The van der Waals surface area contributed by atoms with Crippen LogP contribution in [-0.2, 0) is 4.79 Å². The summed E-state index contributed by atoms with van der Waals surface area (Å²) in [6.07, 6.45) is 3.68. The minimum absolute atomic E-state index is 0.0506. The molecule has 0 atom stereocenters. The van der Waals surface area contributed by atoms with E-state index < -0.39 is 11.8 Å². The van der Waals surface area contributed by atoms with Gasteiger partial charge in [-0.15, -0.1) is 0 Å². The number of aromatic hydroxyl groups is 1. The Morgan fingerprint density at radius 3 is 2.75 bits per heavy atom. The lowest BCUT2D eigenvalue weighted by molar-refractivity contribution is -0.123. The van der Waals surface area contributed by atoms with E-state index in [4.69, 9.17) is 17.0 Å². The van der Waals surface area contributed by atoms with Crippen LogP contribution in [-0.4, -0.2) is 32.9 Å². The lowest BCUT2D eigenvalue weighted by Crippen LogP contribution is -2.44. The SMILES string of the molecule is O=C(NN1C(=O)/C(=C/C2=Cc3ccccc3OC2)SC1=S)c1ccc(O)cc1. The fraction of sp³-hybridized carbons (Fsp3) is 0.0500. The average molecular weight is 410 g/mol. The maximum atomic E-state index is 12.7. The Morgan fingerprint density at radius 1 is 1.21 bits per heavy atom. The van der Waals surface area contributed by atoms with Crippen LogP contribution in [0.5, 0.6) is 11.5 Å². The van der Waals surface area contributed by atoms with E-state index >= 15 is 0 Å². The minimum atomic E-state index is -0.494. The second-order valence-electron chi connectivity index (χ2n) is 6.05. The number of nitrogens with one attached hydrogen (secondary N) is 1. The van der Waals surface area contributed by atoms with Gasteiger partial charge in [-0.3, -0.25) is 15.0 Å². The molecule has 2 aliphatic rings. The summed E-state index contributed by atoms with van der Waals surface area (Å²) in [6.45, 7) is 0.348. The van der Waals surface area contributed by atoms with Crippen molar-refractivity contribution in [2.75, 3.05) is 6.61 Å². The van der Waals surface area contributed by atoms with Crippen molar-refractivity contribution in [2.24, 2.45) is 0 Å². The third-order valence-electron chi connectivity index (χ3n) is 4.11. The third kappa shape index (κ3) is 3.64. The summed E-state index contributed by atoms with van der Waals surface area (Å²) in [5, 5.41) is 10.4. The van der Waals surface area contributed by atoms with Crippen molar-refractivity contribution in [1.82, 2.24) is 10.4 Å². The fourth-order valence-corrected chi connectivity index (χ4v) is 3.92. The summed E-state index contributed by atoms with van der Waals surface area (Å²) < 4.78 is 5.93. The zero-order chi connectivity index (χ0) is 19.7. The Kier molecular flexibility index (Phi) is 4.89. The van der Waals surface area contributed by atoms with Crippen LogP contribution in [0.25, 0.3) is 6.08 Å². The number of rotatable bonds is 3. The Labute approximate surface area is 170 Å². The standard InChI is InChI=1S/C20H14N2O4S2/c23-15-7-5-13(6-8-15)18(24)21-22-19(25)17(28-20(22)27)10-12-9-14-3-1-2-4-16(14)26-11-12/h1-10,23H,11H2,(H,21,24)/b17-10-. The van der Waals surface area contributed by atoms with Gasteiger partial charge >= 0.3 is 0 Å². The Balaban J connectivity index is 1.51. The number of benzene rings is 2. The first-order chi connectivity index (χ1) is 13.5. The molecule has 2 amide bonds. The number of carbonyl (C=O) groups excluding carboxylic acids is 2. The number of phenols is 1. The Morgan fingerprint density at radius 2 is 1.96 bits per heavy atom. The van der Waals surface area contributed by atoms with Gasteiger partial charge < -0.3 is 9.84 Å². The molecule has 8 heteroatoms. The number of carbonyl (C=O) groups is 2. The van der Waals surface area contributed by atoms with E-state index in [9.17, 15) is 14.7 Å². The number of hydrogen-bond acceptors (Lipinski definition) is 6. The van der Waals surface area contributed by atoms with Gasteiger partial charge in [0.25, 0.3) is 11.8 Å². The number of thioether (sulfide) groups is 1. The number of nitrogens with zero attached hydrogens (tertiary/aromatic N) is 1. The molecular weight excluding hydrogens is 396 g/mol. The van der Waals surface area contributed by atoms with Gasteiger partial charge in [0.2, 0.25) is 0 Å². The van der Waals surface area contributed by atoms with Crippen molar-refractivity contribution in [3.05, 3.63) is 76.2 Å². The van der Waals surface area contributed by atoms with E-state index in [1.165, 1.54) is 24.3 Å². The first-order valence-electron chi connectivity index (χ1n) is 8.31. The van der Waals surface area contributed by atoms with Gasteiger partial charge in [-0.2, -0.15) is 5.01 Å². The molecular formula is C20H14N2O4S2. The summed E-state index contributed by atoms with van der Waals surface area (Å²) in [6, 6.07) is 13.4. The number of para-hydroxylation sites is 1. The van der Waals surface area contributed by atoms with Crippen LogP contribution in [0.2, 0.25) is 0 Å². The van der Waals surface area contributed by atoms with Gasteiger partial charge in [-0.05, 0) is 60.3 Å². The van der Waals surface area contributed by atoms with Crippen molar-refractivity contribution < 1.29 is 19.4 Å². The quantitative estimate of drug-likeness (QED) is 0.597. The van der Waals surface area contributed by atoms with E-state index in [1.54, 1.807) is 6.08 Å². The van der Waals surface area contributed by atoms with E-state index in [0.29, 0.717) is 17.1 Å². The van der Waals surface area contributed by atoms with Crippen LogP contribution >= 0.6 is 24.0 Å². The molecule has 0 spiro atoms. The maximum Gasteiger partial charge on any atom is 0.285 e. The maximum absolute atomic E-state index is 12.7. The average Bonchev–Trinajstić information content (AvgIpc) is 2.95. The van der Waals surface area contributed by atoms with Crippen molar-refractivity contribution in [3.63, 3.8) is 0 Å². The molecule has 2 N–H and O–H groups in total. The molecule has 0 radical (unpaired) electrons. The highest BCUT2D eigenvalue weighted by atomic mass is 32.2. The summed E-state index contributed by atoms with van der Waals surface area (Å²) >= 11 is 6.35. The van der Waals surface area contributed by atoms with Crippen molar-refractivity contribution in [3.8, 4) is 11.5 Å². The van der Waals surface area contributed by atoms with E-state index in [1.807, 2.05) is 30.3 Å². The Hall–Kier alpha value is -3.10. The molecule has 1 fully saturated rings. The molecule has 2 aromatic carbocycles. The number of hydrazine groups is 1. The first-order valence-corrected chi connectivity index (χ1v) is 9.54. The largest absolute Gasteiger partial charge is 0.508 e. The number of ether oxygens (including phenoxy) is 1. The predicted molar refractivity (Wildman–Crippen MR) is 111 cm³/mol. The smallest absolute Gasteiger partial charge is 0.285 e. The zero-order valence-corrected chi connectivity index (χ0v) is 16.0. The van der Waals surface area contributed by atoms with Crippen LogP contribution < -0.4 is 10.2 Å². The van der Waals surface area contributed by atoms with Gasteiger partial charge in [-0.1, -0.05) is 30.0 Å². The molecule has 4 rings (SSSR count). The molecule has 0 aliphatic carbocycles. The second-order valence-corrected chi connectivity index (χ2v) is 7.73. The molecule has 0 bridgehead atoms. The van der Waals surface area contributed by atoms with Crippen LogP contribution in [0, 0.1) is 0 Å². The van der Waals surface area contributed by atoms with Crippen LogP contribution in [0.3, 0.4) is 0 Å². The van der Waals surface area contributed by atoms with Gasteiger partial charge in [0.1, 0.15) is 18.1 Å². The van der Waals surface area contributed by atoms with Gasteiger partial charge in [0.15, 0.2) is 4.32 Å². The molecule has 0 saturated carbocycles. The molecule has 0 unspecified atom stereocenters. The zero-order valence-electron chi connectivity index (χ0n) is 14.4. The molecule has 1 saturated heterocycles. The molecule has 2 heterocycles. The topological polar surface area (TPSA) is 78.9 Å². The fourth-order valence-electron chi connectivity index (χ4n) is 2.73. The predicted octanol–water partition coefficient (Wildman–Crippen LogP) is 3.26. The lowest BCUT2D eigenvalue weighted by atomic mass is 10.1. The number of amides is 2. The van der Waals surface area contributed by atoms with E-state index in [-0.39, 0.29) is 10.1 Å². The van der Waals surface area contributed by atoms with Gasteiger partial charge in [-0.25, -0.2) is 0 Å². The van der Waals surface area contributed by atoms with Crippen LogP contribution in [0.1, 0.15) is 15.9 Å². The summed E-state index contributed by atoms with van der Waals surface area (Å²) in [4.78, 5) is 25.4. The molecule has 2 aromatic rings. The van der Waals surface area contributed by atoms with Crippen molar-refractivity contribution in [2.45, 2.75) is 0 Å². The highest BCUT2D eigenvalue weighted by Crippen LogP contribution is 2.33. The summed E-state index contributed by atoms with van der Waals surface area (Å²) in [5.74, 6) is -0.0448. The minimum Gasteiger partial charge on any atom is -0.508 e. The van der Waals surface area contributed by atoms with Crippen LogP contribution in [0.15, 0.2) is 65.1 Å². The number of thiocarbonyl (C=S) groups is 1. The van der Waals surface area contributed by atoms with Crippen molar-refractivity contribution in [1.29, 1.82) is 0 Å². The Bertz CT molecular complexity index is 1040. The highest BCUT2D eigenvalue weighted by molar-refractivity contribution is 8.26. The third-order valence-corrected chi connectivity index (χ3v) is 5.41. The van der Waals surface area contributed by atoms with Gasteiger partial charge in [0, 0.05) is 11.1 Å². The highest BCUT2D eigenvalue weighted by Gasteiger charge is 2.34. The lowest BCUT2D eigenvalue weighted by Gasteiger charge is -2.16. The number of phenolic OH excluding ortho intramolecular Hbond substituents is 1. The molecule has 6 nitrogen and oxygen atoms in total. The molecule has 2 aliphatic heterocycles. The van der Waals surface area contributed by atoms with Crippen LogP contribution in [0.4, 0.5) is 0 Å². The van der Waals surface area contributed by atoms with E-state index in [0.717, 1.165) is 33.7 Å². The first kappa shape index (κ1) is 18.3.